The Kier molecular flexibility index (Phi) is 14.0. The standard InChI is InChI=1S/C35H54N8O6/c1-5-11-25(30(44)34(48)39-23-14-15-23)40-33(47)29-24(37-7-3)16-19-43(29)35(49)27(21(4)6-2)41-32(46)28(22-12-9-8-10-13-22)42-31(45)26-20-36-17-18-38-26/h17-18,20-25,27-29,37H,5-16,19H2,1-4H3,(H,39,48)(H,40,47)(H,41,46)(H,42,45)/t21-,24?,25+,27+,28+,29+/m1/s1. The Morgan fingerprint density at radius 3 is 2.27 bits per heavy atom. The second kappa shape index (κ2) is 18.2. The van der Waals surface area contributed by atoms with Gasteiger partial charge in [-0.2, -0.15) is 0 Å². The number of hydrogen-bond acceptors (Lipinski definition) is 9. The summed E-state index contributed by atoms with van der Waals surface area (Å²) >= 11 is 0. The molecule has 1 aromatic rings. The van der Waals surface area contributed by atoms with Crippen LogP contribution in [0.5, 0.6) is 0 Å². The molecule has 2 heterocycles. The van der Waals surface area contributed by atoms with Crippen LogP contribution in [-0.4, -0.2) is 99.5 Å². The molecule has 49 heavy (non-hydrogen) atoms. The van der Waals surface area contributed by atoms with Gasteiger partial charge in [0.2, 0.25) is 23.5 Å². The van der Waals surface area contributed by atoms with E-state index < -0.39 is 59.5 Å². The largest absolute Gasteiger partial charge is 0.347 e. The van der Waals surface area contributed by atoms with E-state index in [1.54, 1.807) is 0 Å². The third-order valence-corrected chi connectivity index (χ3v) is 10.0. The van der Waals surface area contributed by atoms with Crippen molar-refractivity contribution in [2.45, 2.75) is 135 Å². The predicted octanol–water partition coefficient (Wildman–Crippen LogP) is 1.40. The van der Waals surface area contributed by atoms with Crippen LogP contribution in [0.15, 0.2) is 18.6 Å². The molecule has 2 aliphatic carbocycles. The zero-order valence-corrected chi connectivity index (χ0v) is 29.3. The zero-order valence-electron chi connectivity index (χ0n) is 29.3. The van der Waals surface area contributed by atoms with Crippen molar-refractivity contribution in [3.8, 4) is 0 Å². The summed E-state index contributed by atoms with van der Waals surface area (Å²) in [5, 5.41) is 14.7. The maximum absolute atomic E-state index is 14.4. The lowest BCUT2D eigenvalue weighted by Gasteiger charge is -2.35. The van der Waals surface area contributed by atoms with Crippen LogP contribution in [0.3, 0.4) is 0 Å². The van der Waals surface area contributed by atoms with Crippen molar-refractivity contribution >= 4 is 35.3 Å². The van der Waals surface area contributed by atoms with Gasteiger partial charge in [0, 0.05) is 31.0 Å². The van der Waals surface area contributed by atoms with Gasteiger partial charge in [0.15, 0.2) is 0 Å². The topological polar surface area (TPSA) is 192 Å². The number of nitrogens with one attached hydrogen (secondary N) is 5. The fraction of sp³-hybridized carbons (Fsp3) is 0.714. The minimum atomic E-state index is -1.02. The molecule has 1 aliphatic heterocycles. The van der Waals surface area contributed by atoms with E-state index in [4.69, 9.17) is 0 Å². The molecule has 1 aromatic heterocycles. The molecule has 2 saturated carbocycles. The first-order chi connectivity index (χ1) is 23.6. The molecule has 1 unspecified atom stereocenters. The first-order valence-electron chi connectivity index (χ1n) is 18.2. The van der Waals surface area contributed by atoms with E-state index in [0.29, 0.717) is 25.8 Å². The van der Waals surface area contributed by atoms with Gasteiger partial charge in [-0.3, -0.25) is 33.8 Å². The highest BCUT2D eigenvalue weighted by molar-refractivity contribution is 6.38. The smallest absolute Gasteiger partial charge is 0.289 e. The molecule has 0 radical (unpaired) electrons. The molecule has 4 rings (SSSR count). The SMILES string of the molecule is CCC[C@H](NC(=O)[C@@H]1C(NCC)CCN1C(=O)[C@@H](NC(=O)[C@@H](NC(=O)c1cnccn1)C1CCCCC1)[C@H](C)CC)C(=O)C(=O)NC1CC1. The van der Waals surface area contributed by atoms with Crippen molar-refractivity contribution in [3.05, 3.63) is 24.3 Å². The Labute approximate surface area is 289 Å². The minimum Gasteiger partial charge on any atom is -0.347 e. The number of amides is 5. The average Bonchev–Trinajstić information content (AvgIpc) is 3.84. The molecule has 3 aliphatic rings. The lowest BCUT2D eigenvalue weighted by atomic mass is 9.83. The number of carbonyl (C=O) groups is 6. The number of carbonyl (C=O) groups excluding carboxylic acids is 6. The quantitative estimate of drug-likeness (QED) is 0.151. The lowest BCUT2D eigenvalue weighted by Crippen LogP contribution is -2.62. The molecule has 1 saturated heterocycles. The van der Waals surface area contributed by atoms with Gasteiger partial charge >= 0.3 is 0 Å². The van der Waals surface area contributed by atoms with Crippen LogP contribution in [-0.2, 0) is 24.0 Å². The minimum absolute atomic E-state index is 0.00116. The molecular formula is C35H54N8O6. The first-order valence-corrected chi connectivity index (χ1v) is 18.2. The molecule has 3 fully saturated rings. The van der Waals surface area contributed by atoms with Crippen LogP contribution in [0.2, 0.25) is 0 Å². The average molecular weight is 683 g/mol. The van der Waals surface area contributed by atoms with Crippen molar-refractivity contribution < 1.29 is 28.8 Å². The van der Waals surface area contributed by atoms with Crippen LogP contribution in [0.1, 0.15) is 109 Å². The number of aromatic nitrogens is 2. The monoisotopic (exact) mass is 682 g/mol. The van der Waals surface area contributed by atoms with Gasteiger partial charge in [0.05, 0.1) is 12.2 Å². The third kappa shape index (κ3) is 10.1. The summed E-state index contributed by atoms with van der Waals surface area (Å²) in [5.74, 6) is -3.71. The molecule has 14 heteroatoms. The van der Waals surface area contributed by atoms with Gasteiger partial charge < -0.3 is 31.5 Å². The summed E-state index contributed by atoms with van der Waals surface area (Å²) in [6.45, 7) is 8.40. The molecule has 0 bridgehead atoms. The Bertz CT molecular complexity index is 1320. The van der Waals surface area contributed by atoms with E-state index in [1.165, 1.54) is 23.5 Å². The molecule has 270 valence electrons. The van der Waals surface area contributed by atoms with Crippen LogP contribution < -0.4 is 26.6 Å². The molecule has 5 amide bonds. The van der Waals surface area contributed by atoms with Crippen LogP contribution in [0.4, 0.5) is 0 Å². The van der Waals surface area contributed by atoms with Crippen LogP contribution >= 0.6 is 0 Å². The van der Waals surface area contributed by atoms with Crippen molar-refractivity contribution in [3.63, 3.8) is 0 Å². The molecule has 6 atom stereocenters. The number of hydrogen-bond donors (Lipinski definition) is 5. The molecule has 5 N–H and O–H groups in total. The highest BCUT2D eigenvalue weighted by atomic mass is 16.2. The maximum Gasteiger partial charge on any atom is 0.289 e. The molecular weight excluding hydrogens is 628 g/mol. The van der Waals surface area contributed by atoms with Gasteiger partial charge in [-0.1, -0.05) is 59.8 Å². The Hall–Kier alpha value is -3.94. The van der Waals surface area contributed by atoms with Crippen molar-refractivity contribution in [1.82, 2.24) is 41.5 Å². The van der Waals surface area contributed by atoms with Crippen LogP contribution in [0.25, 0.3) is 0 Å². The van der Waals surface area contributed by atoms with E-state index in [1.807, 2.05) is 27.7 Å². The van der Waals surface area contributed by atoms with Gasteiger partial charge in [-0.15, -0.1) is 0 Å². The van der Waals surface area contributed by atoms with Crippen LogP contribution in [0, 0.1) is 11.8 Å². The highest BCUT2D eigenvalue weighted by Gasteiger charge is 2.46. The predicted molar refractivity (Wildman–Crippen MR) is 182 cm³/mol. The second-order valence-corrected chi connectivity index (χ2v) is 13.7. The number of rotatable bonds is 17. The number of Topliss-reactive ketones (excluding diaryl/α,β-unsaturated/α-hetero) is 1. The van der Waals surface area contributed by atoms with E-state index in [2.05, 4.69) is 36.6 Å². The normalized spacial score (nSPS) is 21.9. The highest BCUT2D eigenvalue weighted by Crippen LogP contribution is 2.28. The summed E-state index contributed by atoms with van der Waals surface area (Å²) in [4.78, 5) is 90.9. The molecule has 0 aromatic carbocycles. The molecule has 0 spiro atoms. The second-order valence-electron chi connectivity index (χ2n) is 13.7. The Balaban J connectivity index is 1.55. The number of likely N-dealkylation sites (N-methyl/N-ethyl adjacent to an activating group) is 1. The van der Waals surface area contributed by atoms with Gasteiger partial charge in [0.1, 0.15) is 23.8 Å². The summed E-state index contributed by atoms with van der Waals surface area (Å²) in [6.07, 6.45) is 12.2. The van der Waals surface area contributed by atoms with E-state index in [9.17, 15) is 28.8 Å². The Morgan fingerprint density at radius 1 is 0.918 bits per heavy atom. The number of ketones is 1. The first kappa shape index (κ1) is 37.9. The summed E-state index contributed by atoms with van der Waals surface area (Å²) in [5.41, 5.74) is 0.0935. The van der Waals surface area contributed by atoms with Gasteiger partial charge in [0.25, 0.3) is 11.8 Å². The van der Waals surface area contributed by atoms with Crippen molar-refractivity contribution in [2.75, 3.05) is 13.1 Å². The van der Waals surface area contributed by atoms with E-state index >= 15 is 0 Å². The van der Waals surface area contributed by atoms with Crippen molar-refractivity contribution in [1.29, 1.82) is 0 Å². The number of nitrogens with zero attached hydrogens (tertiary/aromatic N) is 3. The van der Waals surface area contributed by atoms with Crippen molar-refractivity contribution in [2.24, 2.45) is 11.8 Å². The summed E-state index contributed by atoms with van der Waals surface area (Å²) in [7, 11) is 0. The molecule has 14 nitrogen and oxygen atoms in total. The van der Waals surface area contributed by atoms with E-state index in [-0.39, 0.29) is 42.6 Å². The van der Waals surface area contributed by atoms with Gasteiger partial charge in [-0.25, -0.2) is 4.98 Å². The number of likely N-dealkylation sites (tertiary alicyclic amines) is 1. The van der Waals surface area contributed by atoms with Gasteiger partial charge in [-0.05, 0) is 56.9 Å². The fourth-order valence-corrected chi connectivity index (χ4v) is 6.90. The zero-order chi connectivity index (χ0) is 35.5. The van der Waals surface area contributed by atoms with E-state index in [0.717, 1.165) is 44.9 Å². The Morgan fingerprint density at radius 2 is 1.65 bits per heavy atom. The summed E-state index contributed by atoms with van der Waals surface area (Å²) in [6, 6.07) is -4.22. The lowest BCUT2D eigenvalue weighted by molar-refractivity contribution is -0.144. The maximum atomic E-state index is 14.4. The summed E-state index contributed by atoms with van der Waals surface area (Å²) < 4.78 is 0. The fourth-order valence-electron chi connectivity index (χ4n) is 6.90. The third-order valence-electron chi connectivity index (χ3n) is 10.0.